The minimum Gasteiger partial charge on any atom is -0.354 e. The van der Waals surface area contributed by atoms with Gasteiger partial charge in [0.15, 0.2) is 0 Å². The lowest BCUT2D eigenvalue weighted by molar-refractivity contribution is -0.140. The smallest absolute Gasteiger partial charge is 0.243 e. The summed E-state index contributed by atoms with van der Waals surface area (Å²) < 4.78 is 0. The highest BCUT2D eigenvalue weighted by atomic mass is 16.2. The maximum Gasteiger partial charge on any atom is 0.243 e. The number of hydrogen-bond acceptors (Lipinski definition) is 3. The minimum atomic E-state index is -0.632. The van der Waals surface area contributed by atoms with E-state index in [-0.39, 0.29) is 17.7 Å². The zero-order valence-electron chi connectivity index (χ0n) is 16.4. The van der Waals surface area contributed by atoms with Gasteiger partial charge >= 0.3 is 0 Å². The van der Waals surface area contributed by atoms with Crippen molar-refractivity contribution < 1.29 is 14.4 Å². The van der Waals surface area contributed by atoms with Gasteiger partial charge in [-0.25, -0.2) is 0 Å². The number of hydrogen-bond donors (Lipinski definition) is 2. The molecule has 0 bridgehead atoms. The lowest BCUT2D eigenvalue weighted by Crippen LogP contribution is -2.54. The van der Waals surface area contributed by atoms with E-state index in [1.165, 1.54) is 4.90 Å². The third kappa shape index (κ3) is 6.38. The number of likely N-dealkylation sites (N-methyl/N-ethyl adjacent to an activating group) is 1. The van der Waals surface area contributed by atoms with Crippen LogP contribution in [-0.4, -0.2) is 48.3 Å². The summed E-state index contributed by atoms with van der Waals surface area (Å²) >= 11 is 0. The quantitative estimate of drug-likeness (QED) is 0.732. The number of carbonyl (C=O) groups is 3. The van der Waals surface area contributed by atoms with Crippen molar-refractivity contribution in [1.29, 1.82) is 0 Å². The molecule has 1 aliphatic heterocycles. The number of carbonyl (C=O) groups excluding carboxylic acids is 3. The van der Waals surface area contributed by atoms with Gasteiger partial charge in [-0.1, -0.05) is 43.7 Å². The van der Waals surface area contributed by atoms with E-state index >= 15 is 0 Å². The molecule has 2 atom stereocenters. The van der Waals surface area contributed by atoms with Crippen LogP contribution < -0.4 is 10.6 Å². The molecule has 6 heteroatoms. The SMILES string of the molecule is CCCCC(=O)N(C)[C@@H](Cc1ccccc1)C(=O)N[C@H]1CCCCNC1=O. The second-order valence-electron chi connectivity index (χ2n) is 7.16. The average molecular weight is 373 g/mol. The first kappa shape index (κ1) is 20.9. The van der Waals surface area contributed by atoms with Crippen molar-refractivity contribution in [3.8, 4) is 0 Å². The molecule has 1 heterocycles. The summed E-state index contributed by atoms with van der Waals surface area (Å²) in [6, 6.07) is 8.49. The van der Waals surface area contributed by atoms with Gasteiger partial charge < -0.3 is 15.5 Å². The van der Waals surface area contributed by atoms with E-state index in [0.717, 1.165) is 31.2 Å². The summed E-state index contributed by atoms with van der Waals surface area (Å²) in [5, 5.41) is 5.71. The normalized spacial score (nSPS) is 18.1. The van der Waals surface area contributed by atoms with Crippen LogP contribution in [0.2, 0.25) is 0 Å². The molecule has 1 aromatic carbocycles. The van der Waals surface area contributed by atoms with Crippen LogP contribution in [0.1, 0.15) is 51.0 Å². The zero-order valence-corrected chi connectivity index (χ0v) is 16.4. The Balaban J connectivity index is 2.12. The molecular weight excluding hydrogens is 342 g/mol. The number of benzene rings is 1. The van der Waals surface area contributed by atoms with E-state index in [1.807, 2.05) is 37.3 Å². The van der Waals surface area contributed by atoms with E-state index in [0.29, 0.717) is 25.8 Å². The lowest BCUT2D eigenvalue weighted by Gasteiger charge is -2.29. The number of unbranched alkanes of at least 4 members (excludes halogenated alkanes) is 1. The van der Waals surface area contributed by atoms with Gasteiger partial charge in [-0.15, -0.1) is 0 Å². The molecule has 0 saturated carbocycles. The van der Waals surface area contributed by atoms with Gasteiger partial charge in [-0.05, 0) is 31.2 Å². The number of nitrogens with zero attached hydrogens (tertiary/aromatic N) is 1. The molecular formula is C21H31N3O3. The third-order valence-corrected chi connectivity index (χ3v) is 5.03. The molecule has 0 aliphatic carbocycles. The summed E-state index contributed by atoms with van der Waals surface area (Å²) in [6.07, 6.45) is 5.01. The Kier molecular flexibility index (Phi) is 8.30. The molecule has 3 amide bonds. The summed E-state index contributed by atoms with van der Waals surface area (Å²) in [4.78, 5) is 39.2. The molecule has 1 fully saturated rings. The van der Waals surface area contributed by atoms with Crippen LogP contribution in [0.25, 0.3) is 0 Å². The van der Waals surface area contributed by atoms with Gasteiger partial charge in [-0.3, -0.25) is 14.4 Å². The summed E-state index contributed by atoms with van der Waals surface area (Å²) in [6.45, 7) is 2.68. The maximum atomic E-state index is 13.0. The molecule has 6 nitrogen and oxygen atoms in total. The Hall–Kier alpha value is -2.37. The van der Waals surface area contributed by atoms with Gasteiger partial charge in [-0.2, -0.15) is 0 Å². The first-order valence-electron chi connectivity index (χ1n) is 9.90. The highest BCUT2D eigenvalue weighted by molar-refractivity contribution is 5.92. The van der Waals surface area contributed by atoms with Crippen molar-refractivity contribution in [1.82, 2.24) is 15.5 Å². The lowest BCUT2D eigenvalue weighted by atomic mass is 10.0. The van der Waals surface area contributed by atoms with Crippen LogP contribution in [-0.2, 0) is 20.8 Å². The van der Waals surface area contributed by atoms with Crippen molar-refractivity contribution in [3.05, 3.63) is 35.9 Å². The van der Waals surface area contributed by atoms with Crippen molar-refractivity contribution >= 4 is 17.7 Å². The van der Waals surface area contributed by atoms with Crippen LogP contribution in [0.15, 0.2) is 30.3 Å². The molecule has 0 spiro atoms. The maximum absolute atomic E-state index is 13.0. The molecule has 2 N–H and O–H groups in total. The fourth-order valence-electron chi connectivity index (χ4n) is 3.27. The fourth-order valence-corrected chi connectivity index (χ4v) is 3.27. The minimum absolute atomic E-state index is 0.0433. The van der Waals surface area contributed by atoms with E-state index < -0.39 is 12.1 Å². The van der Waals surface area contributed by atoms with E-state index in [1.54, 1.807) is 7.05 Å². The topological polar surface area (TPSA) is 78.5 Å². The Morgan fingerprint density at radius 3 is 2.70 bits per heavy atom. The molecule has 1 aromatic rings. The zero-order chi connectivity index (χ0) is 19.6. The van der Waals surface area contributed by atoms with Crippen LogP contribution >= 0.6 is 0 Å². The molecule has 27 heavy (non-hydrogen) atoms. The van der Waals surface area contributed by atoms with Crippen LogP contribution in [0.4, 0.5) is 0 Å². The molecule has 2 rings (SSSR count). The average Bonchev–Trinajstić information content (AvgIpc) is 2.88. The van der Waals surface area contributed by atoms with Gasteiger partial charge in [0.25, 0.3) is 0 Å². The van der Waals surface area contributed by atoms with Crippen LogP contribution in [0, 0.1) is 0 Å². The number of rotatable bonds is 8. The van der Waals surface area contributed by atoms with E-state index in [4.69, 9.17) is 0 Å². The van der Waals surface area contributed by atoms with E-state index in [9.17, 15) is 14.4 Å². The molecule has 0 unspecified atom stereocenters. The van der Waals surface area contributed by atoms with Gasteiger partial charge in [0.2, 0.25) is 17.7 Å². The first-order chi connectivity index (χ1) is 13.0. The van der Waals surface area contributed by atoms with Crippen molar-refractivity contribution in [2.45, 2.75) is 64.0 Å². The Morgan fingerprint density at radius 1 is 1.26 bits per heavy atom. The van der Waals surface area contributed by atoms with Crippen molar-refractivity contribution in [3.63, 3.8) is 0 Å². The second-order valence-corrected chi connectivity index (χ2v) is 7.16. The summed E-state index contributed by atoms with van der Waals surface area (Å²) in [5.74, 6) is -0.453. The molecule has 0 radical (unpaired) electrons. The van der Waals surface area contributed by atoms with Gasteiger partial charge in [0.05, 0.1) is 0 Å². The van der Waals surface area contributed by atoms with Gasteiger partial charge in [0, 0.05) is 26.4 Å². The Labute approximate surface area is 161 Å². The predicted octanol–water partition coefficient (Wildman–Crippen LogP) is 2.03. The molecule has 1 saturated heterocycles. The molecule has 148 valence electrons. The second kappa shape index (κ2) is 10.7. The van der Waals surface area contributed by atoms with Crippen LogP contribution in [0.5, 0.6) is 0 Å². The number of amides is 3. The van der Waals surface area contributed by atoms with Gasteiger partial charge in [0.1, 0.15) is 12.1 Å². The van der Waals surface area contributed by atoms with Crippen molar-refractivity contribution in [2.24, 2.45) is 0 Å². The highest BCUT2D eigenvalue weighted by Gasteiger charge is 2.30. The Bertz CT molecular complexity index is 633. The molecule has 0 aromatic heterocycles. The fraction of sp³-hybridized carbons (Fsp3) is 0.571. The highest BCUT2D eigenvalue weighted by Crippen LogP contribution is 2.13. The standard InChI is InChI=1S/C21H31N3O3/c1-3-4-13-19(25)24(2)18(15-16-10-6-5-7-11-16)21(27)23-17-12-8-9-14-22-20(17)26/h5-7,10-11,17-18H,3-4,8-9,12-15H2,1-2H3,(H,22,26)(H,23,27)/t17-,18-/m0/s1. The first-order valence-corrected chi connectivity index (χ1v) is 9.90. The predicted molar refractivity (Wildman–Crippen MR) is 105 cm³/mol. The number of nitrogens with one attached hydrogen (secondary N) is 2. The summed E-state index contributed by atoms with van der Waals surface area (Å²) in [7, 11) is 1.68. The van der Waals surface area contributed by atoms with Crippen LogP contribution in [0.3, 0.4) is 0 Å². The molecule has 1 aliphatic rings. The summed E-state index contributed by atoms with van der Waals surface area (Å²) in [5.41, 5.74) is 0.984. The third-order valence-electron chi connectivity index (χ3n) is 5.03. The van der Waals surface area contributed by atoms with E-state index in [2.05, 4.69) is 10.6 Å². The van der Waals surface area contributed by atoms with Crippen molar-refractivity contribution in [2.75, 3.05) is 13.6 Å². The Morgan fingerprint density at radius 2 is 2.00 bits per heavy atom. The monoisotopic (exact) mass is 373 g/mol. The largest absolute Gasteiger partial charge is 0.354 e.